The summed E-state index contributed by atoms with van der Waals surface area (Å²) in [5.74, 6) is 1.22. The third kappa shape index (κ3) is 4.01. The molecule has 1 aromatic rings. The second kappa shape index (κ2) is 6.81. The van der Waals surface area contributed by atoms with Gasteiger partial charge in [0.15, 0.2) is 0 Å². The third-order valence-electron chi connectivity index (χ3n) is 3.63. The summed E-state index contributed by atoms with van der Waals surface area (Å²) in [6.07, 6.45) is 3.64. The SMILES string of the molecule is Cc1cccc(CSCC(=O)NC2(C#N)CCCC2)c1. The average Bonchev–Trinajstić information content (AvgIpc) is 2.88. The fourth-order valence-electron chi connectivity index (χ4n) is 2.61. The number of aryl methyl sites for hydroxylation is 1. The van der Waals surface area contributed by atoms with E-state index in [4.69, 9.17) is 0 Å². The minimum atomic E-state index is -0.596. The second-order valence-electron chi connectivity index (χ2n) is 5.43. The molecule has 0 saturated heterocycles. The molecule has 0 radical (unpaired) electrons. The Morgan fingerprint density at radius 1 is 1.45 bits per heavy atom. The third-order valence-corrected chi connectivity index (χ3v) is 4.64. The van der Waals surface area contributed by atoms with Crippen LogP contribution in [0.3, 0.4) is 0 Å². The molecule has 2 rings (SSSR count). The van der Waals surface area contributed by atoms with Crippen LogP contribution in [-0.4, -0.2) is 17.2 Å². The topological polar surface area (TPSA) is 52.9 Å². The van der Waals surface area contributed by atoms with E-state index in [9.17, 15) is 10.1 Å². The molecule has 4 heteroatoms. The highest BCUT2D eigenvalue weighted by molar-refractivity contribution is 7.99. The highest BCUT2D eigenvalue weighted by Gasteiger charge is 2.35. The van der Waals surface area contributed by atoms with Gasteiger partial charge in [-0.1, -0.05) is 29.8 Å². The molecule has 0 atom stereocenters. The van der Waals surface area contributed by atoms with Crippen molar-refractivity contribution in [1.29, 1.82) is 5.26 Å². The number of nitrogens with one attached hydrogen (secondary N) is 1. The monoisotopic (exact) mass is 288 g/mol. The van der Waals surface area contributed by atoms with Gasteiger partial charge in [0.25, 0.3) is 0 Å². The summed E-state index contributed by atoms with van der Waals surface area (Å²) in [6, 6.07) is 10.6. The number of rotatable bonds is 5. The lowest BCUT2D eigenvalue weighted by molar-refractivity contribution is -0.119. The molecule has 1 aliphatic carbocycles. The summed E-state index contributed by atoms with van der Waals surface area (Å²) in [5, 5.41) is 12.1. The van der Waals surface area contributed by atoms with E-state index in [1.165, 1.54) is 11.1 Å². The van der Waals surface area contributed by atoms with Crippen molar-refractivity contribution < 1.29 is 4.79 Å². The molecule has 1 amide bonds. The van der Waals surface area contributed by atoms with Gasteiger partial charge in [-0.3, -0.25) is 4.79 Å². The van der Waals surface area contributed by atoms with E-state index in [1.54, 1.807) is 11.8 Å². The van der Waals surface area contributed by atoms with Crippen molar-refractivity contribution in [2.45, 2.75) is 43.9 Å². The lowest BCUT2D eigenvalue weighted by Crippen LogP contribution is -2.45. The second-order valence-corrected chi connectivity index (χ2v) is 6.42. The number of benzene rings is 1. The van der Waals surface area contributed by atoms with E-state index in [-0.39, 0.29) is 5.91 Å². The van der Waals surface area contributed by atoms with Crippen LogP contribution in [0.25, 0.3) is 0 Å². The Morgan fingerprint density at radius 3 is 2.85 bits per heavy atom. The fourth-order valence-corrected chi connectivity index (χ4v) is 3.38. The van der Waals surface area contributed by atoms with Crippen LogP contribution in [0.1, 0.15) is 36.8 Å². The molecule has 3 nitrogen and oxygen atoms in total. The van der Waals surface area contributed by atoms with E-state index >= 15 is 0 Å². The van der Waals surface area contributed by atoms with Crippen molar-refractivity contribution >= 4 is 17.7 Å². The number of hydrogen-bond donors (Lipinski definition) is 1. The molecule has 0 heterocycles. The van der Waals surface area contributed by atoms with Gasteiger partial charge >= 0.3 is 0 Å². The summed E-state index contributed by atoms with van der Waals surface area (Å²) < 4.78 is 0. The van der Waals surface area contributed by atoms with Gasteiger partial charge in [0.2, 0.25) is 5.91 Å². The highest BCUT2D eigenvalue weighted by atomic mass is 32.2. The maximum atomic E-state index is 11.9. The smallest absolute Gasteiger partial charge is 0.231 e. The van der Waals surface area contributed by atoms with Crippen LogP contribution in [0.5, 0.6) is 0 Å². The molecule has 1 N–H and O–H groups in total. The first-order chi connectivity index (χ1) is 9.63. The molecule has 1 saturated carbocycles. The summed E-state index contributed by atoms with van der Waals surface area (Å²) >= 11 is 1.59. The Hall–Kier alpha value is -1.47. The van der Waals surface area contributed by atoms with E-state index in [2.05, 4.69) is 36.5 Å². The number of hydrogen-bond acceptors (Lipinski definition) is 3. The van der Waals surface area contributed by atoms with Crippen molar-refractivity contribution in [3.63, 3.8) is 0 Å². The number of amides is 1. The number of carbonyl (C=O) groups is 1. The summed E-state index contributed by atoms with van der Waals surface area (Å²) in [5.41, 5.74) is 1.88. The largest absolute Gasteiger partial charge is 0.337 e. The molecular weight excluding hydrogens is 268 g/mol. The number of nitrogens with zero attached hydrogens (tertiary/aromatic N) is 1. The van der Waals surface area contributed by atoms with Crippen molar-refractivity contribution in [1.82, 2.24) is 5.32 Å². The van der Waals surface area contributed by atoms with Crippen LogP contribution in [0.15, 0.2) is 24.3 Å². The van der Waals surface area contributed by atoms with Gasteiger partial charge in [-0.05, 0) is 38.2 Å². The predicted molar refractivity (Wildman–Crippen MR) is 82.3 cm³/mol. The van der Waals surface area contributed by atoms with Crippen LogP contribution in [0.4, 0.5) is 0 Å². The Morgan fingerprint density at radius 2 is 2.20 bits per heavy atom. The van der Waals surface area contributed by atoms with E-state index in [0.29, 0.717) is 5.75 Å². The van der Waals surface area contributed by atoms with Gasteiger partial charge < -0.3 is 5.32 Å². The molecule has 0 spiro atoms. The summed E-state index contributed by atoms with van der Waals surface area (Å²) in [4.78, 5) is 11.9. The summed E-state index contributed by atoms with van der Waals surface area (Å²) in [7, 11) is 0. The van der Waals surface area contributed by atoms with E-state index < -0.39 is 5.54 Å². The highest BCUT2D eigenvalue weighted by Crippen LogP contribution is 2.29. The summed E-state index contributed by atoms with van der Waals surface area (Å²) in [6.45, 7) is 2.07. The molecule has 1 fully saturated rings. The van der Waals surface area contributed by atoms with Crippen molar-refractivity contribution in [2.24, 2.45) is 0 Å². The Balaban J connectivity index is 1.77. The molecular formula is C16H20N2OS. The molecule has 106 valence electrons. The molecule has 1 aliphatic rings. The van der Waals surface area contributed by atoms with Gasteiger partial charge in [-0.15, -0.1) is 11.8 Å². The van der Waals surface area contributed by atoms with Crippen molar-refractivity contribution in [3.05, 3.63) is 35.4 Å². The first-order valence-electron chi connectivity index (χ1n) is 6.99. The van der Waals surface area contributed by atoms with Crippen LogP contribution >= 0.6 is 11.8 Å². The van der Waals surface area contributed by atoms with Crippen LogP contribution < -0.4 is 5.32 Å². The van der Waals surface area contributed by atoms with E-state index in [1.807, 2.05) is 6.07 Å². The van der Waals surface area contributed by atoms with Crippen molar-refractivity contribution in [3.8, 4) is 6.07 Å². The first-order valence-corrected chi connectivity index (χ1v) is 8.15. The predicted octanol–water partition coefficient (Wildman–Crippen LogP) is 3.18. The minimum Gasteiger partial charge on any atom is -0.337 e. The van der Waals surface area contributed by atoms with Gasteiger partial charge in [-0.2, -0.15) is 5.26 Å². The molecule has 20 heavy (non-hydrogen) atoms. The average molecular weight is 288 g/mol. The molecule has 0 unspecified atom stereocenters. The Bertz CT molecular complexity index is 515. The molecule has 1 aromatic carbocycles. The van der Waals surface area contributed by atoms with Gasteiger partial charge in [0.05, 0.1) is 11.8 Å². The van der Waals surface area contributed by atoms with Crippen LogP contribution in [0, 0.1) is 18.3 Å². The van der Waals surface area contributed by atoms with Crippen LogP contribution in [-0.2, 0) is 10.5 Å². The maximum Gasteiger partial charge on any atom is 0.231 e. The lowest BCUT2D eigenvalue weighted by Gasteiger charge is -2.21. The lowest BCUT2D eigenvalue weighted by atomic mass is 10.0. The van der Waals surface area contributed by atoms with Crippen LogP contribution in [0.2, 0.25) is 0 Å². The van der Waals surface area contributed by atoms with Gasteiger partial charge in [0.1, 0.15) is 5.54 Å². The minimum absolute atomic E-state index is 0.0221. The zero-order chi connectivity index (χ0) is 14.4. The fraction of sp³-hybridized carbons (Fsp3) is 0.500. The Kier molecular flexibility index (Phi) is 5.08. The maximum absolute atomic E-state index is 11.9. The number of thioether (sulfide) groups is 1. The zero-order valence-electron chi connectivity index (χ0n) is 11.8. The molecule has 0 aromatic heterocycles. The number of carbonyl (C=O) groups excluding carboxylic acids is 1. The van der Waals surface area contributed by atoms with Crippen molar-refractivity contribution in [2.75, 3.05) is 5.75 Å². The first kappa shape index (κ1) is 14.9. The molecule has 0 aliphatic heterocycles. The van der Waals surface area contributed by atoms with E-state index in [0.717, 1.165) is 31.4 Å². The quantitative estimate of drug-likeness (QED) is 0.905. The standard InChI is InChI=1S/C16H20N2OS/c1-13-5-4-6-14(9-13)10-20-11-15(19)18-16(12-17)7-2-3-8-16/h4-6,9H,2-3,7-8,10-11H2,1H3,(H,18,19). The zero-order valence-corrected chi connectivity index (χ0v) is 12.6. The number of nitriles is 1. The normalized spacial score (nSPS) is 16.6. The molecule has 0 bridgehead atoms. The van der Waals surface area contributed by atoms with Gasteiger partial charge in [0, 0.05) is 5.75 Å². The Labute approximate surface area is 124 Å². The van der Waals surface area contributed by atoms with Gasteiger partial charge in [-0.25, -0.2) is 0 Å².